The van der Waals surface area contributed by atoms with Crippen molar-refractivity contribution in [1.82, 2.24) is 5.32 Å². The second kappa shape index (κ2) is 4.77. The Bertz CT molecular complexity index is 360. The summed E-state index contributed by atoms with van der Waals surface area (Å²) in [6.45, 7) is 5.59. The van der Waals surface area contributed by atoms with E-state index in [9.17, 15) is 0 Å². The molecule has 0 aliphatic heterocycles. The molecule has 1 nitrogen and oxygen atoms in total. The van der Waals surface area contributed by atoms with Gasteiger partial charge in [0.15, 0.2) is 0 Å². The minimum atomic E-state index is 0.432. The monoisotopic (exact) mass is 237 g/mol. The van der Waals surface area contributed by atoms with E-state index < -0.39 is 0 Å². The molecule has 1 saturated carbocycles. The Balaban J connectivity index is 1.95. The number of hydrogen-bond donors (Lipinski definition) is 1. The summed E-state index contributed by atoms with van der Waals surface area (Å²) in [5.41, 5.74) is 1.63. The maximum atomic E-state index is 6.14. The van der Waals surface area contributed by atoms with Crippen molar-refractivity contribution in [2.45, 2.75) is 45.7 Å². The summed E-state index contributed by atoms with van der Waals surface area (Å²) in [5.74, 6) is 0. The van der Waals surface area contributed by atoms with E-state index in [0.29, 0.717) is 11.5 Å². The molecule has 1 atom stereocenters. The van der Waals surface area contributed by atoms with Gasteiger partial charge in [-0.2, -0.15) is 0 Å². The maximum absolute atomic E-state index is 6.14. The molecular formula is C14H20ClN. The van der Waals surface area contributed by atoms with Crippen molar-refractivity contribution < 1.29 is 0 Å². The predicted molar refractivity (Wildman–Crippen MR) is 69.7 cm³/mol. The average molecular weight is 238 g/mol. The molecule has 0 aromatic heterocycles. The van der Waals surface area contributed by atoms with Crippen molar-refractivity contribution >= 4 is 11.6 Å². The molecule has 0 amide bonds. The predicted octanol–water partition coefficient (Wildman–Crippen LogP) is 4.01. The molecular weight excluding hydrogens is 218 g/mol. The Kier molecular flexibility index (Phi) is 3.56. The molecule has 88 valence electrons. The van der Waals surface area contributed by atoms with Gasteiger partial charge in [0.1, 0.15) is 0 Å². The summed E-state index contributed by atoms with van der Waals surface area (Å²) in [5, 5.41) is 4.51. The zero-order valence-corrected chi connectivity index (χ0v) is 10.8. The summed E-state index contributed by atoms with van der Waals surface area (Å²) < 4.78 is 0. The first-order valence-electron chi connectivity index (χ1n) is 6.06. The van der Waals surface area contributed by atoms with Crippen LogP contribution in [0.3, 0.4) is 0 Å². The highest BCUT2D eigenvalue weighted by Gasteiger charge is 2.33. The molecule has 0 heterocycles. The summed E-state index contributed by atoms with van der Waals surface area (Å²) >= 11 is 6.14. The van der Waals surface area contributed by atoms with E-state index in [1.165, 1.54) is 24.8 Å². The normalized spacial score (nSPS) is 23.6. The standard InChI is InChI=1S/C14H20ClN/c1-14(2)9-5-8-13(14)16-10-11-6-3-4-7-12(11)15/h3-4,6-7,13,16H,5,8-10H2,1-2H3. The van der Waals surface area contributed by atoms with E-state index in [1.807, 2.05) is 18.2 Å². The minimum Gasteiger partial charge on any atom is -0.309 e. The van der Waals surface area contributed by atoms with Crippen LogP contribution in [0.2, 0.25) is 5.02 Å². The molecule has 2 heteroatoms. The van der Waals surface area contributed by atoms with Crippen LogP contribution < -0.4 is 5.32 Å². The van der Waals surface area contributed by atoms with Gasteiger partial charge in [0.25, 0.3) is 0 Å². The SMILES string of the molecule is CC1(C)CCCC1NCc1ccccc1Cl. The van der Waals surface area contributed by atoms with Crippen LogP contribution >= 0.6 is 11.6 Å². The van der Waals surface area contributed by atoms with Crippen molar-refractivity contribution in [2.75, 3.05) is 0 Å². The lowest BCUT2D eigenvalue weighted by Gasteiger charge is -2.28. The summed E-state index contributed by atoms with van der Waals surface area (Å²) in [4.78, 5) is 0. The third-order valence-electron chi connectivity index (χ3n) is 3.75. The van der Waals surface area contributed by atoms with Gasteiger partial charge < -0.3 is 5.32 Å². The Morgan fingerprint density at radius 1 is 1.38 bits per heavy atom. The Hall–Kier alpha value is -0.530. The first-order valence-corrected chi connectivity index (χ1v) is 6.44. The molecule has 1 unspecified atom stereocenters. The van der Waals surface area contributed by atoms with Crippen LogP contribution in [0.1, 0.15) is 38.7 Å². The van der Waals surface area contributed by atoms with Crippen molar-refractivity contribution in [2.24, 2.45) is 5.41 Å². The third-order valence-corrected chi connectivity index (χ3v) is 4.12. The molecule has 1 aromatic rings. The second-order valence-electron chi connectivity index (χ2n) is 5.41. The molecule has 1 fully saturated rings. The highest BCUT2D eigenvalue weighted by Crippen LogP contribution is 2.37. The fraction of sp³-hybridized carbons (Fsp3) is 0.571. The van der Waals surface area contributed by atoms with Crippen molar-refractivity contribution in [1.29, 1.82) is 0 Å². The molecule has 0 radical (unpaired) electrons. The number of nitrogens with one attached hydrogen (secondary N) is 1. The van der Waals surface area contributed by atoms with Crippen LogP contribution in [0.25, 0.3) is 0 Å². The van der Waals surface area contributed by atoms with Crippen LogP contribution in [0, 0.1) is 5.41 Å². The topological polar surface area (TPSA) is 12.0 Å². The number of rotatable bonds is 3. The Labute approximate surface area is 103 Å². The van der Waals surface area contributed by atoms with Gasteiger partial charge in [-0.1, -0.05) is 50.1 Å². The Morgan fingerprint density at radius 2 is 2.12 bits per heavy atom. The van der Waals surface area contributed by atoms with Crippen molar-refractivity contribution in [3.05, 3.63) is 34.9 Å². The van der Waals surface area contributed by atoms with E-state index in [1.54, 1.807) is 0 Å². The average Bonchev–Trinajstić information content (AvgIpc) is 2.57. The zero-order chi connectivity index (χ0) is 11.6. The molecule has 0 spiro atoms. The first-order chi connectivity index (χ1) is 7.59. The van der Waals surface area contributed by atoms with Crippen LogP contribution in [0.4, 0.5) is 0 Å². The van der Waals surface area contributed by atoms with E-state index >= 15 is 0 Å². The largest absolute Gasteiger partial charge is 0.309 e. The van der Waals surface area contributed by atoms with Gasteiger partial charge in [-0.25, -0.2) is 0 Å². The van der Waals surface area contributed by atoms with E-state index in [0.717, 1.165) is 11.6 Å². The van der Waals surface area contributed by atoms with E-state index in [2.05, 4.69) is 25.2 Å². The molecule has 1 aliphatic rings. The fourth-order valence-corrected chi connectivity index (χ4v) is 2.78. The van der Waals surface area contributed by atoms with Gasteiger partial charge in [-0.3, -0.25) is 0 Å². The van der Waals surface area contributed by atoms with E-state index in [-0.39, 0.29) is 0 Å². The van der Waals surface area contributed by atoms with Crippen LogP contribution in [-0.4, -0.2) is 6.04 Å². The lowest BCUT2D eigenvalue weighted by molar-refractivity contribution is 0.282. The molecule has 1 aliphatic carbocycles. The van der Waals surface area contributed by atoms with E-state index in [4.69, 9.17) is 11.6 Å². The number of benzene rings is 1. The molecule has 2 rings (SSSR count). The first kappa shape index (κ1) is 11.9. The molecule has 1 aromatic carbocycles. The molecule has 1 N–H and O–H groups in total. The maximum Gasteiger partial charge on any atom is 0.0450 e. The summed E-state index contributed by atoms with van der Waals surface area (Å²) in [6.07, 6.45) is 3.96. The number of halogens is 1. The van der Waals surface area contributed by atoms with Gasteiger partial charge in [0.05, 0.1) is 0 Å². The third kappa shape index (κ3) is 2.58. The quantitative estimate of drug-likeness (QED) is 0.838. The van der Waals surface area contributed by atoms with Gasteiger partial charge >= 0.3 is 0 Å². The van der Waals surface area contributed by atoms with Gasteiger partial charge in [-0.15, -0.1) is 0 Å². The van der Waals surface area contributed by atoms with Crippen LogP contribution in [-0.2, 0) is 6.54 Å². The van der Waals surface area contributed by atoms with Gasteiger partial charge in [-0.05, 0) is 29.9 Å². The lowest BCUT2D eigenvalue weighted by Crippen LogP contribution is -2.37. The lowest BCUT2D eigenvalue weighted by atomic mass is 9.87. The molecule has 16 heavy (non-hydrogen) atoms. The zero-order valence-electron chi connectivity index (χ0n) is 10.1. The van der Waals surface area contributed by atoms with Gasteiger partial charge in [0.2, 0.25) is 0 Å². The smallest absolute Gasteiger partial charge is 0.0450 e. The summed E-state index contributed by atoms with van der Waals surface area (Å²) in [7, 11) is 0. The Morgan fingerprint density at radius 3 is 2.75 bits per heavy atom. The fourth-order valence-electron chi connectivity index (χ4n) is 2.58. The molecule has 0 bridgehead atoms. The second-order valence-corrected chi connectivity index (χ2v) is 5.81. The highest BCUT2D eigenvalue weighted by molar-refractivity contribution is 6.31. The van der Waals surface area contributed by atoms with Gasteiger partial charge in [0, 0.05) is 17.6 Å². The number of hydrogen-bond acceptors (Lipinski definition) is 1. The van der Waals surface area contributed by atoms with Crippen LogP contribution in [0.5, 0.6) is 0 Å². The van der Waals surface area contributed by atoms with Crippen LogP contribution in [0.15, 0.2) is 24.3 Å². The minimum absolute atomic E-state index is 0.432. The van der Waals surface area contributed by atoms with Crippen molar-refractivity contribution in [3.8, 4) is 0 Å². The van der Waals surface area contributed by atoms with Crippen molar-refractivity contribution in [3.63, 3.8) is 0 Å². The molecule has 0 saturated heterocycles. The highest BCUT2D eigenvalue weighted by atomic mass is 35.5. The summed E-state index contributed by atoms with van der Waals surface area (Å²) in [6, 6.07) is 8.70.